The number of nitrogens with zero attached hydrogens (tertiary/aromatic N) is 4. The predicted molar refractivity (Wildman–Crippen MR) is 101 cm³/mol. The Labute approximate surface area is 151 Å². The number of nitrogens with one attached hydrogen (secondary N) is 1. The van der Waals surface area contributed by atoms with Crippen LogP contribution < -0.4 is 5.32 Å². The van der Waals surface area contributed by atoms with Gasteiger partial charge in [0.25, 0.3) is 5.91 Å². The summed E-state index contributed by atoms with van der Waals surface area (Å²) < 4.78 is 4.05. The average Bonchev–Trinajstić information content (AvgIpc) is 3.16. The van der Waals surface area contributed by atoms with Gasteiger partial charge in [0.05, 0.1) is 11.0 Å². The highest BCUT2D eigenvalue weighted by atomic mass is 16.2. The molecule has 0 atom stereocenters. The molecule has 0 aliphatic heterocycles. The van der Waals surface area contributed by atoms with Crippen LogP contribution in [0.2, 0.25) is 0 Å². The fourth-order valence-electron chi connectivity index (χ4n) is 3.30. The van der Waals surface area contributed by atoms with Gasteiger partial charge in [0, 0.05) is 12.6 Å². The molecule has 0 radical (unpaired) electrons. The van der Waals surface area contributed by atoms with Gasteiger partial charge in [-0.3, -0.25) is 9.20 Å². The molecule has 0 saturated carbocycles. The molecular formula is C20H21N5O. The molecule has 132 valence electrons. The van der Waals surface area contributed by atoms with Crippen LogP contribution in [0.25, 0.3) is 16.7 Å². The smallest absolute Gasteiger partial charge is 0.268 e. The molecule has 6 heteroatoms. The minimum atomic E-state index is -0.0778. The normalized spacial score (nSPS) is 11.5. The molecule has 0 aliphatic carbocycles. The zero-order valence-corrected chi connectivity index (χ0v) is 15.1. The summed E-state index contributed by atoms with van der Waals surface area (Å²) >= 11 is 0. The van der Waals surface area contributed by atoms with Gasteiger partial charge in [-0.15, -0.1) is 10.2 Å². The number of benzene rings is 1. The van der Waals surface area contributed by atoms with Crippen molar-refractivity contribution in [1.82, 2.24) is 24.5 Å². The fourth-order valence-corrected chi connectivity index (χ4v) is 3.30. The van der Waals surface area contributed by atoms with E-state index in [9.17, 15) is 4.79 Å². The van der Waals surface area contributed by atoms with E-state index in [0.29, 0.717) is 12.2 Å². The van der Waals surface area contributed by atoms with Crippen LogP contribution in [0, 0.1) is 6.92 Å². The second-order valence-corrected chi connectivity index (χ2v) is 6.77. The van der Waals surface area contributed by atoms with Gasteiger partial charge in [-0.25, -0.2) is 0 Å². The highest BCUT2D eigenvalue weighted by Crippen LogP contribution is 2.24. The number of rotatable bonds is 4. The number of aromatic nitrogens is 4. The van der Waals surface area contributed by atoms with Gasteiger partial charge < -0.3 is 9.88 Å². The molecule has 3 heterocycles. The van der Waals surface area contributed by atoms with Crippen molar-refractivity contribution in [2.45, 2.75) is 33.4 Å². The van der Waals surface area contributed by atoms with Gasteiger partial charge in [-0.2, -0.15) is 0 Å². The Morgan fingerprint density at radius 3 is 2.58 bits per heavy atom. The lowest BCUT2D eigenvalue weighted by molar-refractivity contribution is 0.0934. The first-order valence-electron chi connectivity index (χ1n) is 8.73. The maximum Gasteiger partial charge on any atom is 0.268 e. The third kappa shape index (κ3) is 2.73. The number of amides is 1. The molecule has 26 heavy (non-hydrogen) atoms. The van der Waals surface area contributed by atoms with E-state index in [1.165, 1.54) is 0 Å². The van der Waals surface area contributed by atoms with E-state index in [4.69, 9.17) is 0 Å². The molecule has 6 nitrogen and oxygen atoms in total. The first kappa shape index (κ1) is 16.3. The minimum absolute atomic E-state index is 0.0716. The summed E-state index contributed by atoms with van der Waals surface area (Å²) in [6, 6.07) is 16.1. The summed E-state index contributed by atoms with van der Waals surface area (Å²) in [5, 5.41) is 11.4. The predicted octanol–water partition coefficient (Wildman–Crippen LogP) is 3.18. The van der Waals surface area contributed by atoms with E-state index in [0.717, 1.165) is 28.1 Å². The van der Waals surface area contributed by atoms with Crippen LogP contribution in [-0.2, 0) is 6.54 Å². The van der Waals surface area contributed by atoms with Gasteiger partial charge in [-0.05, 0) is 44.5 Å². The molecule has 1 N–H and O–H groups in total. The number of hydrogen-bond acceptors (Lipinski definition) is 3. The molecule has 0 saturated heterocycles. The Morgan fingerprint density at radius 2 is 1.85 bits per heavy atom. The van der Waals surface area contributed by atoms with Crippen molar-refractivity contribution in [3.05, 3.63) is 65.6 Å². The number of hydrogen-bond donors (Lipinski definition) is 1. The van der Waals surface area contributed by atoms with Crippen LogP contribution in [0.15, 0.2) is 48.5 Å². The Kier molecular flexibility index (Phi) is 3.95. The molecule has 3 aromatic heterocycles. The number of carbonyl (C=O) groups excluding carboxylic acids is 1. The summed E-state index contributed by atoms with van der Waals surface area (Å²) in [5.41, 5.74) is 4.48. The molecule has 0 bridgehead atoms. The highest BCUT2D eigenvalue weighted by molar-refractivity contribution is 5.98. The maximum atomic E-state index is 12.8. The standard InChI is InChI=1S/C20H21N5O/c1-13(2)21-20(26)18-11-17-16(9-10-19-23-22-14(3)25(17)19)24(18)12-15-7-5-4-6-8-15/h4-11,13H,12H2,1-3H3,(H,21,26). The minimum Gasteiger partial charge on any atom is -0.349 e. The largest absolute Gasteiger partial charge is 0.349 e. The summed E-state index contributed by atoms with van der Waals surface area (Å²) in [5.74, 6) is 0.726. The molecular weight excluding hydrogens is 326 g/mol. The summed E-state index contributed by atoms with van der Waals surface area (Å²) in [7, 11) is 0. The van der Waals surface area contributed by atoms with E-state index < -0.39 is 0 Å². The van der Waals surface area contributed by atoms with Crippen molar-refractivity contribution >= 4 is 22.6 Å². The van der Waals surface area contributed by atoms with Crippen LogP contribution in [0.4, 0.5) is 0 Å². The van der Waals surface area contributed by atoms with Gasteiger partial charge in [-0.1, -0.05) is 30.3 Å². The van der Waals surface area contributed by atoms with E-state index >= 15 is 0 Å². The van der Waals surface area contributed by atoms with Crippen molar-refractivity contribution < 1.29 is 4.79 Å². The SMILES string of the molecule is Cc1nnc2ccc3c(cc(C(=O)NC(C)C)n3Cc3ccccc3)n12. The molecule has 1 aromatic carbocycles. The topological polar surface area (TPSA) is 64.2 Å². The van der Waals surface area contributed by atoms with E-state index in [1.54, 1.807) is 0 Å². The first-order valence-corrected chi connectivity index (χ1v) is 8.73. The highest BCUT2D eigenvalue weighted by Gasteiger charge is 2.19. The number of aryl methyl sites for hydroxylation is 1. The van der Waals surface area contributed by atoms with E-state index in [-0.39, 0.29) is 11.9 Å². The number of pyridine rings is 1. The van der Waals surface area contributed by atoms with Crippen LogP contribution >= 0.6 is 0 Å². The second kappa shape index (κ2) is 6.29. The molecule has 0 aliphatic rings. The lowest BCUT2D eigenvalue weighted by atomic mass is 10.2. The molecule has 1 amide bonds. The van der Waals surface area contributed by atoms with Gasteiger partial charge in [0.2, 0.25) is 0 Å². The quantitative estimate of drug-likeness (QED) is 0.617. The van der Waals surface area contributed by atoms with Crippen LogP contribution in [0.3, 0.4) is 0 Å². The third-order valence-corrected chi connectivity index (χ3v) is 4.43. The van der Waals surface area contributed by atoms with Crippen molar-refractivity contribution in [1.29, 1.82) is 0 Å². The van der Waals surface area contributed by atoms with Gasteiger partial charge >= 0.3 is 0 Å². The Bertz CT molecular complexity index is 1090. The third-order valence-electron chi connectivity index (χ3n) is 4.43. The maximum absolute atomic E-state index is 12.8. The fraction of sp³-hybridized carbons (Fsp3) is 0.250. The molecule has 4 rings (SSSR count). The lowest BCUT2D eigenvalue weighted by Gasteiger charge is -2.13. The Balaban J connectivity index is 1.94. The zero-order valence-electron chi connectivity index (χ0n) is 15.1. The van der Waals surface area contributed by atoms with Crippen LogP contribution in [-0.4, -0.2) is 31.1 Å². The van der Waals surface area contributed by atoms with Crippen molar-refractivity contribution in [3.63, 3.8) is 0 Å². The van der Waals surface area contributed by atoms with Crippen molar-refractivity contribution in [3.8, 4) is 0 Å². The van der Waals surface area contributed by atoms with E-state index in [2.05, 4.69) is 32.2 Å². The number of carbonyl (C=O) groups is 1. The first-order chi connectivity index (χ1) is 12.5. The summed E-state index contributed by atoms with van der Waals surface area (Å²) in [6.07, 6.45) is 0. The summed E-state index contributed by atoms with van der Waals surface area (Å²) in [4.78, 5) is 12.8. The summed E-state index contributed by atoms with van der Waals surface area (Å²) in [6.45, 7) is 6.47. The van der Waals surface area contributed by atoms with Gasteiger partial charge in [0.1, 0.15) is 11.5 Å². The van der Waals surface area contributed by atoms with Gasteiger partial charge in [0.15, 0.2) is 5.65 Å². The average molecular weight is 347 g/mol. The monoisotopic (exact) mass is 347 g/mol. The Hall–Kier alpha value is -3.15. The molecule has 0 fully saturated rings. The van der Waals surface area contributed by atoms with Crippen molar-refractivity contribution in [2.75, 3.05) is 0 Å². The zero-order chi connectivity index (χ0) is 18.3. The van der Waals surface area contributed by atoms with E-state index in [1.807, 2.05) is 61.6 Å². The van der Waals surface area contributed by atoms with Crippen LogP contribution in [0.5, 0.6) is 0 Å². The van der Waals surface area contributed by atoms with Crippen molar-refractivity contribution in [2.24, 2.45) is 0 Å². The molecule has 0 unspecified atom stereocenters. The molecule has 4 aromatic rings. The number of fused-ring (bicyclic) bond motifs is 3. The molecule has 0 spiro atoms. The van der Waals surface area contributed by atoms with Crippen LogP contribution in [0.1, 0.15) is 35.7 Å². The Morgan fingerprint density at radius 1 is 1.08 bits per heavy atom. The lowest BCUT2D eigenvalue weighted by Crippen LogP contribution is -2.31. The second-order valence-electron chi connectivity index (χ2n) is 6.77.